The maximum atomic E-state index is 12.2. The van der Waals surface area contributed by atoms with Crippen LogP contribution in [0, 0.1) is 0 Å². The lowest BCUT2D eigenvalue weighted by Crippen LogP contribution is -1.96. The molecule has 0 bridgehead atoms. The topological polar surface area (TPSA) is 44.8 Å². The lowest BCUT2D eigenvalue weighted by atomic mass is 10.1. The number of hydrogen-bond donors (Lipinski definition) is 0. The van der Waals surface area contributed by atoms with E-state index in [2.05, 4.69) is 6.58 Å². The molecular weight excluding hydrogens is 304 g/mol. The normalized spacial score (nSPS) is 10.4. The van der Waals surface area contributed by atoms with Gasteiger partial charge in [0.15, 0.2) is 17.3 Å². The second kappa shape index (κ2) is 8.58. The summed E-state index contributed by atoms with van der Waals surface area (Å²) in [5, 5.41) is 0. The fourth-order valence-corrected chi connectivity index (χ4v) is 2.10. The van der Waals surface area contributed by atoms with Crippen molar-refractivity contribution in [3.63, 3.8) is 0 Å². The third-order valence-corrected chi connectivity index (χ3v) is 3.34. The second-order valence-electron chi connectivity index (χ2n) is 4.94. The van der Waals surface area contributed by atoms with Crippen LogP contribution >= 0.6 is 0 Å². The maximum Gasteiger partial charge on any atom is 0.185 e. The van der Waals surface area contributed by atoms with Crippen LogP contribution in [0.1, 0.15) is 15.9 Å². The van der Waals surface area contributed by atoms with Crippen LogP contribution in [0.15, 0.2) is 61.2 Å². The summed E-state index contributed by atoms with van der Waals surface area (Å²) in [6.07, 6.45) is 4.94. The molecule has 0 saturated carbocycles. The molecule has 24 heavy (non-hydrogen) atoms. The monoisotopic (exact) mass is 324 g/mol. The molecule has 0 unspecified atom stereocenters. The number of ether oxygens (including phenoxy) is 3. The molecule has 0 spiro atoms. The standard InChI is InChI=1S/C20H20O4/c1-4-13-24-17-9-7-16(8-10-17)18(21)11-5-15-6-12-19(22-2)20(14-15)23-3/h4-12,14H,1,13H2,2-3H3/b11-5+. The van der Waals surface area contributed by atoms with Gasteiger partial charge in [0.05, 0.1) is 14.2 Å². The number of carbonyl (C=O) groups excluding carboxylic acids is 1. The predicted octanol–water partition coefficient (Wildman–Crippen LogP) is 4.16. The molecule has 2 rings (SSSR count). The van der Waals surface area contributed by atoms with Crippen molar-refractivity contribution in [3.05, 3.63) is 72.3 Å². The average Bonchev–Trinajstić information content (AvgIpc) is 2.64. The second-order valence-corrected chi connectivity index (χ2v) is 4.94. The van der Waals surface area contributed by atoms with Crippen molar-refractivity contribution in [2.45, 2.75) is 0 Å². The van der Waals surface area contributed by atoms with Crippen molar-refractivity contribution in [3.8, 4) is 17.2 Å². The molecule has 0 radical (unpaired) electrons. The summed E-state index contributed by atoms with van der Waals surface area (Å²) in [6.45, 7) is 4.03. The van der Waals surface area contributed by atoms with Crippen LogP contribution in [-0.2, 0) is 0 Å². The van der Waals surface area contributed by atoms with Crippen molar-refractivity contribution < 1.29 is 19.0 Å². The lowest BCUT2D eigenvalue weighted by Gasteiger charge is -2.07. The largest absolute Gasteiger partial charge is 0.493 e. The number of rotatable bonds is 8. The molecule has 4 nitrogen and oxygen atoms in total. The van der Waals surface area contributed by atoms with Crippen molar-refractivity contribution in [1.82, 2.24) is 0 Å². The summed E-state index contributed by atoms with van der Waals surface area (Å²) in [5.74, 6) is 1.89. The number of methoxy groups -OCH3 is 2. The predicted molar refractivity (Wildman–Crippen MR) is 95.0 cm³/mol. The molecule has 0 aliphatic heterocycles. The summed E-state index contributed by atoms with van der Waals surface area (Å²) in [5.41, 5.74) is 1.45. The van der Waals surface area contributed by atoms with E-state index in [-0.39, 0.29) is 5.78 Å². The Kier molecular flexibility index (Phi) is 6.20. The molecule has 0 N–H and O–H groups in total. The Balaban J connectivity index is 2.08. The molecule has 0 atom stereocenters. The Bertz CT molecular complexity index is 730. The molecule has 4 heteroatoms. The van der Waals surface area contributed by atoms with E-state index >= 15 is 0 Å². The van der Waals surface area contributed by atoms with E-state index in [1.807, 2.05) is 12.1 Å². The first-order valence-electron chi connectivity index (χ1n) is 7.46. The fraction of sp³-hybridized carbons (Fsp3) is 0.150. The van der Waals surface area contributed by atoms with Gasteiger partial charge in [-0.25, -0.2) is 0 Å². The summed E-state index contributed by atoms with van der Waals surface area (Å²) < 4.78 is 15.8. The van der Waals surface area contributed by atoms with Gasteiger partial charge >= 0.3 is 0 Å². The summed E-state index contributed by atoms with van der Waals surface area (Å²) in [6, 6.07) is 12.5. The number of benzene rings is 2. The quantitative estimate of drug-likeness (QED) is 0.415. The van der Waals surface area contributed by atoms with E-state index in [4.69, 9.17) is 14.2 Å². The van der Waals surface area contributed by atoms with Crippen LogP contribution in [0.5, 0.6) is 17.2 Å². The SMILES string of the molecule is C=CCOc1ccc(C(=O)/C=C/c2ccc(OC)c(OC)c2)cc1. The van der Waals surface area contributed by atoms with Crippen molar-refractivity contribution >= 4 is 11.9 Å². The Hall–Kier alpha value is -3.01. The molecule has 0 aliphatic rings. The molecule has 0 aliphatic carbocycles. The highest BCUT2D eigenvalue weighted by Gasteiger charge is 2.05. The molecule has 0 amide bonds. The van der Waals surface area contributed by atoms with Gasteiger partial charge in [-0.15, -0.1) is 0 Å². The smallest absolute Gasteiger partial charge is 0.185 e. The van der Waals surface area contributed by atoms with Gasteiger partial charge in [-0.05, 0) is 48.0 Å². The van der Waals surface area contributed by atoms with Crippen LogP contribution in [0.2, 0.25) is 0 Å². The first-order valence-corrected chi connectivity index (χ1v) is 7.46. The Labute approximate surface area is 142 Å². The highest BCUT2D eigenvalue weighted by Crippen LogP contribution is 2.28. The zero-order valence-corrected chi connectivity index (χ0v) is 13.8. The van der Waals surface area contributed by atoms with Gasteiger partial charge in [0, 0.05) is 5.56 Å². The third kappa shape index (κ3) is 4.49. The van der Waals surface area contributed by atoms with Crippen LogP contribution in [0.4, 0.5) is 0 Å². The van der Waals surface area contributed by atoms with Crippen molar-refractivity contribution in [2.24, 2.45) is 0 Å². The van der Waals surface area contributed by atoms with E-state index in [0.717, 1.165) is 5.56 Å². The van der Waals surface area contributed by atoms with Crippen molar-refractivity contribution in [2.75, 3.05) is 20.8 Å². The van der Waals surface area contributed by atoms with E-state index in [1.165, 1.54) is 6.08 Å². The fourth-order valence-electron chi connectivity index (χ4n) is 2.10. The van der Waals surface area contributed by atoms with Crippen LogP contribution in [-0.4, -0.2) is 26.6 Å². The molecule has 0 saturated heterocycles. The minimum absolute atomic E-state index is 0.0833. The van der Waals surface area contributed by atoms with Crippen LogP contribution in [0.3, 0.4) is 0 Å². The molecule has 124 valence electrons. The molecule has 0 fully saturated rings. The number of allylic oxidation sites excluding steroid dienone is 1. The molecule has 0 heterocycles. The minimum Gasteiger partial charge on any atom is -0.493 e. The highest BCUT2D eigenvalue weighted by molar-refractivity contribution is 6.06. The van der Waals surface area contributed by atoms with Crippen molar-refractivity contribution in [1.29, 1.82) is 0 Å². The van der Waals surface area contributed by atoms with Gasteiger partial charge in [-0.2, -0.15) is 0 Å². The first kappa shape index (κ1) is 17.3. The number of carbonyl (C=O) groups is 1. The summed E-state index contributed by atoms with van der Waals surface area (Å²) in [7, 11) is 3.16. The van der Waals surface area contributed by atoms with E-state index in [0.29, 0.717) is 29.4 Å². The highest BCUT2D eigenvalue weighted by atomic mass is 16.5. The van der Waals surface area contributed by atoms with Gasteiger partial charge in [-0.1, -0.05) is 24.8 Å². The lowest BCUT2D eigenvalue weighted by molar-refractivity contribution is 0.104. The van der Waals surface area contributed by atoms with Gasteiger partial charge in [-0.3, -0.25) is 4.79 Å². The van der Waals surface area contributed by atoms with Gasteiger partial charge < -0.3 is 14.2 Å². The van der Waals surface area contributed by atoms with Gasteiger partial charge in [0.1, 0.15) is 12.4 Å². The number of ketones is 1. The molecular formula is C20H20O4. The van der Waals surface area contributed by atoms with Crippen LogP contribution in [0.25, 0.3) is 6.08 Å². The maximum absolute atomic E-state index is 12.2. The summed E-state index contributed by atoms with van der Waals surface area (Å²) in [4.78, 5) is 12.2. The van der Waals surface area contributed by atoms with Gasteiger partial charge in [0.25, 0.3) is 0 Å². The summed E-state index contributed by atoms with van der Waals surface area (Å²) >= 11 is 0. The van der Waals surface area contributed by atoms with E-state index < -0.39 is 0 Å². The molecule has 2 aromatic carbocycles. The Morgan fingerprint density at radius 1 is 1.04 bits per heavy atom. The number of hydrogen-bond acceptors (Lipinski definition) is 4. The van der Waals surface area contributed by atoms with E-state index in [1.54, 1.807) is 56.7 Å². The molecule has 2 aromatic rings. The third-order valence-electron chi connectivity index (χ3n) is 3.34. The minimum atomic E-state index is -0.0833. The molecule has 0 aromatic heterocycles. The van der Waals surface area contributed by atoms with E-state index in [9.17, 15) is 4.79 Å². The first-order chi connectivity index (χ1) is 11.7. The Morgan fingerprint density at radius 3 is 2.38 bits per heavy atom. The van der Waals surface area contributed by atoms with Gasteiger partial charge in [0.2, 0.25) is 0 Å². The zero-order valence-electron chi connectivity index (χ0n) is 13.8. The average molecular weight is 324 g/mol. The Morgan fingerprint density at radius 2 is 1.75 bits per heavy atom. The van der Waals surface area contributed by atoms with Crippen LogP contribution < -0.4 is 14.2 Å². The zero-order chi connectivity index (χ0) is 17.4.